The molecule has 0 radical (unpaired) electrons. The lowest BCUT2D eigenvalue weighted by Gasteiger charge is -2.15. The van der Waals surface area contributed by atoms with E-state index in [1.54, 1.807) is 13.0 Å². The maximum Gasteiger partial charge on any atom is 0.333 e. The molecule has 1 aromatic heterocycles. The highest BCUT2D eigenvalue weighted by Gasteiger charge is 2.21. The molecule has 1 aromatic carbocycles. The van der Waals surface area contributed by atoms with Crippen LogP contribution in [0.4, 0.5) is 0 Å². The fourth-order valence-corrected chi connectivity index (χ4v) is 1.88. The summed E-state index contributed by atoms with van der Waals surface area (Å²) in [6.45, 7) is 5.29. The number of benzene rings is 1. The Morgan fingerprint density at radius 1 is 1.14 bits per heavy atom. The summed E-state index contributed by atoms with van der Waals surface area (Å²) in [5, 5.41) is 2.53. The van der Waals surface area contributed by atoms with Gasteiger partial charge in [-0.15, -0.1) is 0 Å². The van der Waals surface area contributed by atoms with E-state index in [1.165, 1.54) is 12.3 Å². The first-order valence-electron chi connectivity index (χ1n) is 6.61. The van der Waals surface area contributed by atoms with Crippen LogP contribution in [0.5, 0.6) is 5.75 Å². The molecule has 0 aliphatic rings. The molecule has 2 aromatic rings. The van der Waals surface area contributed by atoms with Gasteiger partial charge < -0.3 is 14.5 Å². The second-order valence-corrected chi connectivity index (χ2v) is 4.81. The van der Waals surface area contributed by atoms with E-state index in [2.05, 4.69) is 5.32 Å². The zero-order valence-corrected chi connectivity index (χ0v) is 12.2. The summed E-state index contributed by atoms with van der Waals surface area (Å²) in [6, 6.07) is 7.97. The Kier molecular flexibility index (Phi) is 4.42. The quantitative estimate of drug-likeness (QED) is 0.693. The number of rotatable bonds is 4. The second kappa shape index (κ2) is 6.26. The van der Waals surface area contributed by atoms with Gasteiger partial charge in [0.15, 0.2) is 5.76 Å². The van der Waals surface area contributed by atoms with Gasteiger partial charge in [0, 0.05) is 0 Å². The largest absolute Gasteiger partial charge is 0.459 e. The first-order valence-corrected chi connectivity index (χ1v) is 6.61. The van der Waals surface area contributed by atoms with Crippen LogP contribution in [0.15, 0.2) is 41.0 Å². The number of nitrogens with one attached hydrogen (secondary N) is 1. The molecule has 0 fully saturated rings. The molecule has 5 nitrogen and oxygen atoms in total. The van der Waals surface area contributed by atoms with Crippen LogP contribution in [-0.4, -0.2) is 17.9 Å². The topological polar surface area (TPSA) is 68.5 Å². The minimum absolute atomic E-state index is 0.154. The van der Waals surface area contributed by atoms with Crippen molar-refractivity contribution in [3.8, 4) is 5.75 Å². The lowest BCUT2D eigenvalue weighted by atomic mass is 10.1. The molecular weight excluding hydrogens is 270 g/mol. The summed E-state index contributed by atoms with van der Waals surface area (Å²) >= 11 is 0. The molecule has 0 bridgehead atoms. The number of aryl methyl sites for hydroxylation is 2. The van der Waals surface area contributed by atoms with E-state index in [0.717, 1.165) is 11.1 Å². The maximum absolute atomic E-state index is 12.1. The number of esters is 1. The highest BCUT2D eigenvalue weighted by molar-refractivity contribution is 5.94. The average molecular weight is 287 g/mol. The molecule has 0 saturated heterocycles. The fraction of sp³-hybridized carbons (Fsp3) is 0.250. The van der Waals surface area contributed by atoms with Crippen LogP contribution in [0, 0.1) is 13.8 Å². The van der Waals surface area contributed by atoms with Gasteiger partial charge in [-0.3, -0.25) is 4.79 Å². The molecule has 1 atom stereocenters. The predicted molar refractivity (Wildman–Crippen MR) is 77.2 cm³/mol. The molecule has 0 aliphatic heterocycles. The summed E-state index contributed by atoms with van der Waals surface area (Å²) in [6.07, 6.45) is 1.40. The van der Waals surface area contributed by atoms with Crippen LogP contribution in [0.2, 0.25) is 0 Å². The molecular formula is C16H17NO4. The molecule has 1 N–H and O–H groups in total. The molecule has 0 saturated carbocycles. The summed E-state index contributed by atoms with van der Waals surface area (Å²) in [4.78, 5) is 23.8. The average Bonchev–Trinajstić information content (AvgIpc) is 2.97. The first-order chi connectivity index (χ1) is 9.99. The van der Waals surface area contributed by atoms with Gasteiger partial charge in [-0.1, -0.05) is 18.2 Å². The molecule has 1 heterocycles. The van der Waals surface area contributed by atoms with Crippen molar-refractivity contribution in [3.05, 3.63) is 53.5 Å². The summed E-state index contributed by atoms with van der Waals surface area (Å²) in [5.41, 5.74) is 1.74. The van der Waals surface area contributed by atoms with Crippen LogP contribution < -0.4 is 10.1 Å². The Morgan fingerprint density at radius 2 is 1.81 bits per heavy atom. The van der Waals surface area contributed by atoms with Gasteiger partial charge in [0.2, 0.25) is 0 Å². The van der Waals surface area contributed by atoms with Gasteiger partial charge in [0.25, 0.3) is 5.91 Å². The molecule has 0 spiro atoms. The van der Waals surface area contributed by atoms with Gasteiger partial charge in [0.1, 0.15) is 11.8 Å². The lowest BCUT2D eigenvalue weighted by molar-refractivity contribution is -0.136. The third-order valence-electron chi connectivity index (χ3n) is 3.06. The summed E-state index contributed by atoms with van der Waals surface area (Å²) in [7, 11) is 0. The smallest absolute Gasteiger partial charge is 0.333 e. The summed E-state index contributed by atoms with van der Waals surface area (Å²) < 4.78 is 10.3. The van der Waals surface area contributed by atoms with Crippen molar-refractivity contribution in [2.45, 2.75) is 26.8 Å². The minimum atomic E-state index is -0.776. The van der Waals surface area contributed by atoms with E-state index in [-0.39, 0.29) is 5.76 Å². The minimum Gasteiger partial charge on any atom is -0.459 e. The van der Waals surface area contributed by atoms with Gasteiger partial charge in [-0.05, 0) is 44.0 Å². The van der Waals surface area contributed by atoms with Crippen molar-refractivity contribution in [1.29, 1.82) is 0 Å². The van der Waals surface area contributed by atoms with E-state index in [4.69, 9.17) is 9.15 Å². The van der Waals surface area contributed by atoms with Gasteiger partial charge in [-0.25, -0.2) is 4.79 Å². The second-order valence-electron chi connectivity index (χ2n) is 4.81. The van der Waals surface area contributed by atoms with Crippen molar-refractivity contribution in [2.75, 3.05) is 0 Å². The monoisotopic (exact) mass is 287 g/mol. The third-order valence-corrected chi connectivity index (χ3v) is 3.06. The number of para-hydroxylation sites is 1. The van der Waals surface area contributed by atoms with Crippen LogP contribution in [0.25, 0.3) is 0 Å². The standard InChI is InChI=1S/C16H17NO4/c1-10-6-4-7-11(2)14(10)21-16(19)12(3)17-15(18)13-8-5-9-20-13/h4-9,12H,1-3H3,(H,17,18). The van der Waals surface area contributed by atoms with E-state index < -0.39 is 17.9 Å². The highest BCUT2D eigenvalue weighted by Crippen LogP contribution is 2.22. The van der Waals surface area contributed by atoms with Crippen molar-refractivity contribution in [1.82, 2.24) is 5.32 Å². The van der Waals surface area contributed by atoms with Crippen LogP contribution >= 0.6 is 0 Å². The third kappa shape index (κ3) is 3.51. The number of furan rings is 1. The van der Waals surface area contributed by atoms with E-state index in [9.17, 15) is 9.59 Å². The van der Waals surface area contributed by atoms with E-state index >= 15 is 0 Å². The van der Waals surface area contributed by atoms with Gasteiger partial charge in [-0.2, -0.15) is 0 Å². The predicted octanol–water partition coefficient (Wildman–Crippen LogP) is 2.62. The van der Waals surface area contributed by atoms with E-state index in [0.29, 0.717) is 5.75 Å². The van der Waals surface area contributed by atoms with Crippen LogP contribution in [-0.2, 0) is 4.79 Å². The molecule has 2 rings (SSSR count). The molecule has 0 aliphatic carbocycles. The maximum atomic E-state index is 12.1. The van der Waals surface area contributed by atoms with Gasteiger partial charge >= 0.3 is 5.97 Å². The molecule has 21 heavy (non-hydrogen) atoms. The van der Waals surface area contributed by atoms with Crippen molar-refractivity contribution < 1.29 is 18.7 Å². The Balaban J connectivity index is 2.01. The number of hydrogen-bond donors (Lipinski definition) is 1. The fourth-order valence-electron chi connectivity index (χ4n) is 1.88. The number of ether oxygens (including phenoxy) is 1. The van der Waals surface area contributed by atoms with E-state index in [1.807, 2.05) is 32.0 Å². The Labute approximate surface area is 122 Å². The van der Waals surface area contributed by atoms with Crippen LogP contribution in [0.1, 0.15) is 28.6 Å². The molecule has 5 heteroatoms. The SMILES string of the molecule is Cc1cccc(C)c1OC(=O)C(C)NC(=O)c1ccco1. The zero-order chi connectivity index (χ0) is 15.4. The van der Waals surface area contributed by atoms with Gasteiger partial charge in [0.05, 0.1) is 6.26 Å². The van der Waals surface area contributed by atoms with Crippen molar-refractivity contribution >= 4 is 11.9 Å². The van der Waals surface area contributed by atoms with Crippen molar-refractivity contribution in [3.63, 3.8) is 0 Å². The van der Waals surface area contributed by atoms with Crippen LogP contribution in [0.3, 0.4) is 0 Å². The molecule has 1 amide bonds. The first kappa shape index (κ1) is 14.8. The summed E-state index contributed by atoms with van der Waals surface area (Å²) in [5.74, 6) is -0.290. The highest BCUT2D eigenvalue weighted by atomic mass is 16.5. The Morgan fingerprint density at radius 3 is 2.38 bits per heavy atom. The lowest BCUT2D eigenvalue weighted by Crippen LogP contribution is -2.40. The van der Waals surface area contributed by atoms with Crippen molar-refractivity contribution in [2.24, 2.45) is 0 Å². The number of carbonyl (C=O) groups is 2. The number of carbonyl (C=O) groups excluding carboxylic acids is 2. The number of amides is 1. The Hall–Kier alpha value is -2.56. The number of hydrogen-bond acceptors (Lipinski definition) is 4. The molecule has 110 valence electrons. The molecule has 1 unspecified atom stereocenters. The normalized spacial score (nSPS) is 11.8. The Bertz CT molecular complexity index is 626. The zero-order valence-electron chi connectivity index (χ0n) is 12.2.